The van der Waals surface area contributed by atoms with E-state index in [9.17, 15) is 18.8 Å². The van der Waals surface area contributed by atoms with E-state index in [4.69, 9.17) is 11.6 Å². The number of thiazole rings is 1. The number of nitrogens with one attached hydrogen (secondary N) is 3. The number of amides is 3. The molecule has 0 radical (unpaired) electrons. The second-order valence-corrected chi connectivity index (χ2v) is 12.6. The van der Waals surface area contributed by atoms with E-state index in [0.29, 0.717) is 16.4 Å². The van der Waals surface area contributed by atoms with Crippen LogP contribution in [0.15, 0.2) is 118 Å². The van der Waals surface area contributed by atoms with Crippen LogP contribution in [-0.4, -0.2) is 28.5 Å². The molecule has 4 aromatic carbocycles. The minimum absolute atomic E-state index is 0.0370. The van der Waals surface area contributed by atoms with Crippen molar-refractivity contribution in [3.05, 3.63) is 135 Å². The van der Waals surface area contributed by atoms with Crippen molar-refractivity contribution in [2.24, 2.45) is 0 Å². The third kappa shape index (κ3) is 8.89. The van der Waals surface area contributed by atoms with Crippen molar-refractivity contribution >= 4 is 85.2 Å². The van der Waals surface area contributed by atoms with Crippen LogP contribution < -0.4 is 16.0 Å². The number of aromatic nitrogens is 1. The molecule has 5 aromatic rings. The maximum Gasteiger partial charge on any atom is 0.272 e. The van der Waals surface area contributed by atoms with Gasteiger partial charge in [-0.05, 0) is 66.7 Å². The lowest BCUT2D eigenvalue weighted by Crippen LogP contribution is -2.30. The summed E-state index contributed by atoms with van der Waals surface area (Å²) >= 11 is 12.3. The monoisotopic (exact) mass is 720 g/mol. The van der Waals surface area contributed by atoms with Crippen molar-refractivity contribution in [2.75, 3.05) is 16.4 Å². The summed E-state index contributed by atoms with van der Waals surface area (Å²) in [5.41, 5.74) is 2.25. The zero-order valence-corrected chi connectivity index (χ0v) is 27.2. The molecule has 5 rings (SSSR count). The molecule has 0 saturated heterocycles. The molecule has 0 unspecified atom stereocenters. The van der Waals surface area contributed by atoms with Crippen molar-refractivity contribution in [3.63, 3.8) is 0 Å². The molecule has 1 heterocycles. The van der Waals surface area contributed by atoms with Gasteiger partial charge in [0.15, 0.2) is 5.13 Å². The number of anilines is 2. The van der Waals surface area contributed by atoms with Gasteiger partial charge in [-0.15, -0.1) is 23.1 Å². The highest BCUT2D eigenvalue weighted by Gasteiger charge is 2.17. The minimum Gasteiger partial charge on any atom is -0.321 e. The van der Waals surface area contributed by atoms with Crippen LogP contribution in [0.5, 0.6) is 0 Å². The summed E-state index contributed by atoms with van der Waals surface area (Å²) in [6.45, 7) is 0. The van der Waals surface area contributed by atoms with Gasteiger partial charge in [-0.3, -0.25) is 14.4 Å². The van der Waals surface area contributed by atoms with E-state index in [1.54, 1.807) is 54.6 Å². The van der Waals surface area contributed by atoms with Crippen LogP contribution in [0.3, 0.4) is 0 Å². The molecule has 0 spiro atoms. The van der Waals surface area contributed by atoms with Crippen LogP contribution in [0, 0.1) is 5.82 Å². The highest BCUT2D eigenvalue weighted by atomic mass is 79.9. The number of benzene rings is 4. The Morgan fingerprint density at radius 1 is 0.911 bits per heavy atom. The summed E-state index contributed by atoms with van der Waals surface area (Å²) in [5, 5.41) is 10.6. The molecule has 226 valence electrons. The van der Waals surface area contributed by atoms with Gasteiger partial charge in [0.1, 0.15) is 11.5 Å². The van der Waals surface area contributed by atoms with Crippen LogP contribution in [0.1, 0.15) is 15.9 Å². The Hall–Kier alpha value is -4.29. The standard InChI is InChI=1S/C33H23BrClFN4O3S2/c34-22-11-9-20(10-12-22)29-18-45-33(39-29)40-30(41)19-44-24-15-13-23(14-16-24)37-32(43)28(17-25-26(35)7-4-8-27(25)36)38-31(42)21-5-2-1-3-6-21/h1-18H,19H2,(H,37,43)(H,38,42)(H,39,40,41)/b28-17-. The number of thioether (sulfide) groups is 1. The summed E-state index contributed by atoms with van der Waals surface area (Å²) in [7, 11) is 0. The number of halogens is 3. The topological polar surface area (TPSA) is 100 Å². The number of hydrogen-bond donors (Lipinski definition) is 3. The van der Waals surface area contributed by atoms with Crippen molar-refractivity contribution in [1.29, 1.82) is 0 Å². The van der Waals surface area contributed by atoms with E-state index >= 15 is 0 Å². The molecule has 3 N–H and O–H groups in total. The predicted octanol–water partition coefficient (Wildman–Crippen LogP) is 8.51. The molecule has 0 bridgehead atoms. The van der Waals surface area contributed by atoms with Gasteiger partial charge in [0, 0.05) is 37.1 Å². The molecule has 45 heavy (non-hydrogen) atoms. The average molecular weight is 722 g/mol. The van der Waals surface area contributed by atoms with Crippen molar-refractivity contribution in [2.45, 2.75) is 4.90 Å². The van der Waals surface area contributed by atoms with Gasteiger partial charge >= 0.3 is 0 Å². The lowest BCUT2D eigenvalue weighted by Gasteiger charge is -2.12. The summed E-state index contributed by atoms with van der Waals surface area (Å²) in [4.78, 5) is 43.9. The Morgan fingerprint density at radius 2 is 1.64 bits per heavy atom. The first-order valence-electron chi connectivity index (χ1n) is 13.3. The molecule has 1 aromatic heterocycles. The fraction of sp³-hybridized carbons (Fsp3) is 0.0303. The molecule has 0 saturated carbocycles. The number of rotatable bonds is 10. The number of nitrogens with zero attached hydrogens (tertiary/aromatic N) is 1. The van der Waals surface area contributed by atoms with Gasteiger partial charge in [0.2, 0.25) is 5.91 Å². The first kappa shape index (κ1) is 32.1. The molecule has 12 heteroatoms. The Kier molecular flexibility index (Phi) is 10.8. The van der Waals surface area contributed by atoms with Crippen molar-refractivity contribution < 1.29 is 18.8 Å². The maximum atomic E-state index is 14.5. The van der Waals surface area contributed by atoms with Gasteiger partial charge in [-0.1, -0.05) is 63.9 Å². The summed E-state index contributed by atoms with van der Waals surface area (Å²) < 4.78 is 15.5. The highest BCUT2D eigenvalue weighted by Crippen LogP contribution is 2.27. The third-order valence-electron chi connectivity index (χ3n) is 6.19. The van der Waals surface area contributed by atoms with E-state index in [2.05, 4.69) is 36.9 Å². The zero-order valence-electron chi connectivity index (χ0n) is 23.2. The van der Waals surface area contributed by atoms with Gasteiger partial charge < -0.3 is 16.0 Å². The number of carbonyl (C=O) groups excluding carboxylic acids is 3. The Labute approximate surface area is 280 Å². The molecular formula is C33H23BrClFN4O3S2. The molecule has 0 aliphatic carbocycles. The molecular weight excluding hydrogens is 699 g/mol. The van der Waals surface area contributed by atoms with Crippen LogP contribution in [0.4, 0.5) is 15.2 Å². The first-order chi connectivity index (χ1) is 21.7. The predicted molar refractivity (Wildman–Crippen MR) is 183 cm³/mol. The van der Waals surface area contributed by atoms with E-state index in [-0.39, 0.29) is 27.9 Å². The van der Waals surface area contributed by atoms with Crippen LogP contribution >= 0.6 is 50.6 Å². The Morgan fingerprint density at radius 3 is 2.36 bits per heavy atom. The fourth-order valence-electron chi connectivity index (χ4n) is 3.96. The molecule has 0 atom stereocenters. The molecule has 3 amide bonds. The van der Waals surface area contributed by atoms with Crippen LogP contribution in [0.25, 0.3) is 17.3 Å². The van der Waals surface area contributed by atoms with Gasteiger partial charge in [0.25, 0.3) is 11.8 Å². The van der Waals surface area contributed by atoms with E-state index in [1.807, 2.05) is 29.6 Å². The minimum atomic E-state index is -0.677. The third-order valence-corrected chi connectivity index (χ3v) is 8.82. The lowest BCUT2D eigenvalue weighted by molar-refractivity contribution is -0.114. The molecule has 0 fully saturated rings. The first-order valence-corrected chi connectivity index (χ1v) is 16.4. The van der Waals surface area contributed by atoms with Gasteiger partial charge in [0.05, 0.1) is 16.5 Å². The fourth-order valence-corrected chi connectivity index (χ4v) is 5.87. The zero-order chi connectivity index (χ0) is 31.8. The van der Waals surface area contributed by atoms with E-state index in [0.717, 1.165) is 20.6 Å². The van der Waals surface area contributed by atoms with Crippen molar-refractivity contribution in [1.82, 2.24) is 10.3 Å². The molecule has 7 nitrogen and oxygen atoms in total. The van der Waals surface area contributed by atoms with Crippen molar-refractivity contribution in [3.8, 4) is 11.3 Å². The lowest BCUT2D eigenvalue weighted by atomic mass is 10.1. The largest absolute Gasteiger partial charge is 0.321 e. The Balaban J connectivity index is 1.20. The van der Waals surface area contributed by atoms with E-state index < -0.39 is 17.6 Å². The number of hydrogen-bond acceptors (Lipinski definition) is 6. The molecule has 0 aliphatic heterocycles. The number of carbonyl (C=O) groups is 3. The van der Waals surface area contributed by atoms with E-state index in [1.165, 1.54) is 47.4 Å². The summed E-state index contributed by atoms with van der Waals surface area (Å²) in [6, 6.07) is 27.1. The summed E-state index contributed by atoms with van der Waals surface area (Å²) in [5.74, 6) is -1.92. The second-order valence-electron chi connectivity index (χ2n) is 9.37. The smallest absolute Gasteiger partial charge is 0.272 e. The maximum absolute atomic E-state index is 14.5. The quantitative estimate of drug-likeness (QED) is 0.0993. The highest BCUT2D eigenvalue weighted by molar-refractivity contribution is 9.10. The second kappa shape index (κ2) is 15.1. The van der Waals surface area contributed by atoms with Crippen LogP contribution in [-0.2, 0) is 9.59 Å². The van der Waals surface area contributed by atoms with Gasteiger partial charge in [-0.2, -0.15) is 0 Å². The Bertz CT molecular complexity index is 1850. The van der Waals surface area contributed by atoms with Gasteiger partial charge in [-0.25, -0.2) is 9.37 Å². The summed E-state index contributed by atoms with van der Waals surface area (Å²) in [6.07, 6.45) is 1.20. The van der Waals surface area contributed by atoms with Crippen LogP contribution in [0.2, 0.25) is 5.02 Å². The normalized spacial score (nSPS) is 11.1. The average Bonchev–Trinajstić information content (AvgIpc) is 3.51. The SMILES string of the molecule is O=C(CSc1ccc(NC(=O)/C(=C/c2c(F)cccc2Cl)NC(=O)c2ccccc2)cc1)Nc1nc(-c2ccc(Br)cc2)cs1. The molecule has 0 aliphatic rings.